The van der Waals surface area contributed by atoms with Crippen LogP contribution in [0.2, 0.25) is 0 Å². The molecule has 2 aromatic rings. The van der Waals surface area contributed by atoms with E-state index in [4.69, 9.17) is 0 Å². The number of hydrogen-bond donors (Lipinski definition) is 1. The molecular formula is C12H12BrN3O2S2. The molecule has 106 valence electrons. The number of nitrogens with zero attached hydrogens (tertiary/aromatic N) is 2. The molecule has 0 saturated carbocycles. The zero-order valence-corrected chi connectivity index (χ0v) is 14.0. The van der Waals surface area contributed by atoms with E-state index in [1.165, 1.54) is 30.2 Å². The van der Waals surface area contributed by atoms with Crippen molar-refractivity contribution in [3.8, 4) is 0 Å². The Balaban J connectivity index is 2.00. The lowest BCUT2D eigenvalue weighted by atomic mass is 10.3. The summed E-state index contributed by atoms with van der Waals surface area (Å²) >= 11 is 6.14. The third-order valence-corrected chi connectivity index (χ3v) is 4.79. The third kappa shape index (κ3) is 4.19. The van der Waals surface area contributed by atoms with E-state index in [2.05, 4.69) is 36.2 Å². The molecule has 5 nitrogen and oxygen atoms in total. The highest BCUT2D eigenvalue weighted by atomic mass is 79.9. The summed E-state index contributed by atoms with van der Waals surface area (Å²) in [6, 6.07) is 7.77. The van der Waals surface area contributed by atoms with Gasteiger partial charge in [0.25, 0.3) is 0 Å². The molecule has 1 aromatic carbocycles. The number of benzene rings is 1. The van der Waals surface area contributed by atoms with Gasteiger partial charge >= 0.3 is 5.97 Å². The summed E-state index contributed by atoms with van der Waals surface area (Å²) in [4.78, 5) is 11.3. The minimum absolute atomic E-state index is 0.272. The zero-order chi connectivity index (χ0) is 14.5. The molecule has 1 N–H and O–H groups in total. The number of carbonyl (C=O) groups excluding carboxylic acids is 1. The van der Waals surface area contributed by atoms with Crippen molar-refractivity contribution in [2.24, 2.45) is 0 Å². The van der Waals surface area contributed by atoms with Gasteiger partial charge in [0.15, 0.2) is 4.34 Å². The Morgan fingerprint density at radius 1 is 1.50 bits per heavy atom. The van der Waals surface area contributed by atoms with Gasteiger partial charge in [0.05, 0.1) is 7.11 Å². The van der Waals surface area contributed by atoms with Crippen LogP contribution in [0.4, 0.5) is 10.8 Å². The van der Waals surface area contributed by atoms with E-state index in [-0.39, 0.29) is 11.2 Å². The smallest absolute Gasteiger partial charge is 0.318 e. The second kappa shape index (κ2) is 7.05. The van der Waals surface area contributed by atoms with Gasteiger partial charge in [-0.05, 0) is 25.1 Å². The number of thioether (sulfide) groups is 1. The summed E-state index contributed by atoms with van der Waals surface area (Å²) in [6.45, 7) is 1.78. The second-order valence-electron chi connectivity index (χ2n) is 3.79. The van der Waals surface area contributed by atoms with Crippen LogP contribution in [0.25, 0.3) is 0 Å². The molecule has 1 heterocycles. The van der Waals surface area contributed by atoms with Gasteiger partial charge < -0.3 is 10.1 Å². The van der Waals surface area contributed by atoms with Gasteiger partial charge in [-0.15, -0.1) is 10.2 Å². The number of halogens is 1. The van der Waals surface area contributed by atoms with Crippen molar-refractivity contribution >= 4 is 55.8 Å². The first-order valence-corrected chi connectivity index (χ1v) is 8.18. The van der Waals surface area contributed by atoms with Crippen molar-refractivity contribution in [2.45, 2.75) is 16.5 Å². The van der Waals surface area contributed by atoms with Crippen LogP contribution in [0.5, 0.6) is 0 Å². The van der Waals surface area contributed by atoms with Gasteiger partial charge in [0, 0.05) is 10.2 Å². The molecule has 0 saturated heterocycles. The van der Waals surface area contributed by atoms with Crippen LogP contribution in [-0.2, 0) is 9.53 Å². The number of hydrogen-bond acceptors (Lipinski definition) is 7. The van der Waals surface area contributed by atoms with E-state index >= 15 is 0 Å². The topological polar surface area (TPSA) is 64.1 Å². The molecule has 1 aromatic heterocycles. The minimum atomic E-state index is -0.299. The Bertz CT molecular complexity index is 606. The summed E-state index contributed by atoms with van der Waals surface area (Å²) in [5.74, 6) is -0.272. The first kappa shape index (κ1) is 15.3. The number of anilines is 2. The van der Waals surface area contributed by atoms with Gasteiger partial charge in [-0.1, -0.05) is 45.1 Å². The molecule has 2 rings (SSSR count). The molecule has 0 fully saturated rings. The number of carbonyl (C=O) groups is 1. The van der Waals surface area contributed by atoms with E-state index in [0.29, 0.717) is 5.13 Å². The van der Waals surface area contributed by atoms with E-state index in [9.17, 15) is 4.79 Å². The normalized spacial score (nSPS) is 11.9. The number of ether oxygens (including phenoxy) is 1. The number of nitrogens with one attached hydrogen (secondary N) is 1. The van der Waals surface area contributed by atoms with E-state index in [1.807, 2.05) is 24.3 Å². The largest absolute Gasteiger partial charge is 0.468 e. The predicted octanol–water partition coefficient (Wildman–Crippen LogP) is 3.70. The summed E-state index contributed by atoms with van der Waals surface area (Å²) in [5, 5.41) is 11.6. The SMILES string of the molecule is COC(=O)C(C)Sc1nnc(Nc2cccc(Br)c2)s1. The summed E-state index contributed by atoms with van der Waals surface area (Å²) in [5.41, 5.74) is 0.924. The highest BCUT2D eigenvalue weighted by molar-refractivity contribution is 9.10. The maximum Gasteiger partial charge on any atom is 0.318 e. The van der Waals surface area contributed by atoms with Gasteiger partial charge in [-0.25, -0.2) is 0 Å². The first-order valence-electron chi connectivity index (χ1n) is 5.69. The van der Waals surface area contributed by atoms with Crippen molar-refractivity contribution in [3.63, 3.8) is 0 Å². The highest BCUT2D eigenvalue weighted by Crippen LogP contribution is 2.31. The molecule has 20 heavy (non-hydrogen) atoms. The lowest BCUT2D eigenvalue weighted by molar-refractivity contribution is -0.139. The van der Waals surface area contributed by atoms with Crippen LogP contribution in [0.3, 0.4) is 0 Å². The third-order valence-electron chi connectivity index (χ3n) is 2.29. The highest BCUT2D eigenvalue weighted by Gasteiger charge is 2.17. The summed E-state index contributed by atoms with van der Waals surface area (Å²) < 4.78 is 6.39. The van der Waals surface area contributed by atoms with Gasteiger partial charge in [0.2, 0.25) is 5.13 Å². The van der Waals surface area contributed by atoms with Crippen molar-refractivity contribution in [3.05, 3.63) is 28.7 Å². The fraction of sp³-hybridized carbons (Fsp3) is 0.250. The quantitative estimate of drug-likeness (QED) is 0.636. The fourth-order valence-electron chi connectivity index (χ4n) is 1.36. The Morgan fingerprint density at radius 2 is 2.30 bits per heavy atom. The average molecular weight is 374 g/mol. The van der Waals surface area contributed by atoms with Gasteiger partial charge in [-0.3, -0.25) is 4.79 Å². The molecule has 0 amide bonds. The van der Waals surface area contributed by atoms with Gasteiger partial charge in [0.1, 0.15) is 5.25 Å². The number of aromatic nitrogens is 2. The summed E-state index contributed by atoms with van der Waals surface area (Å²) in [7, 11) is 1.37. The minimum Gasteiger partial charge on any atom is -0.468 e. The molecule has 1 atom stereocenters. The van der Waals surface area contributed by atoms with E-state index < -0.39 is 0 Å². The molecular weight excluding hydrogens is 362 g/mol. The van der Waals surface area contributed by atoms with Crippen molar-refractivity contribution in [2.75, 3.05) is 12.4 Å². The van der Waals surface area contributed by atoms with Crippen LogP contribution in [0, 0.1) is 0 Å². The average Bonchev–Trinajstić information content (AvgIpc) is 2.85. The Labute approximate surface area is 133 Å². The lowest BCUT2D eigenvalue weighted by Gasteiger charge is -2.04. The Kier molecular flexibility index (Phi) is 5.38. The van der Waals surface area contributed by atoms with Crippen LogP contribution in [0.1, 0.15) is 6.92 Å². The lowest BCUT2D eigenvalue weighted by Crippen LogP contribution is -2.14. The summed E-state index contributed by atoms with van der Waals surface area (Å²) in [6.07, 6.45) is 0. The maximum atomic E-state index is 11.3. The number of esters is 1. The van der Waals surface area contributed by atoms with Crippen molar-refractivity contribution < 1.29 is 9.53 Å². The van der Waals surface area contributed by atoms with Crippen molar-refractivity contribution in [1.82, 2.24) is 10.2 Å². The van der Waals surface area contributed by atoms with Crippen LogP contribution in [-0.4, -0.2) is 28.5 Å². The number of rotatable bonds is 5. The molecule has 0 spiro atoms. The maximum absolute atomic E-state index is 11.3. The molecule has 0 radical (unpaired) electrons. The Hall–Kier alpha value is -1.12. The standard InChI is InChI=1S/C12H12BrN3O2S2/c1-7(10(17)18-2)19-12-16-15-11(20-12)14-9-5-3-4-8(13)6-9/h3-7H,1-2H3,(H,14,15). The first-order chi connectivity index (χ1) is 9.58. The predicted molar refractivity (Wildman–Crippen MR) is 84.7 cm³/mol. The van der Waals surface area contributed by atoms with Crippen LogP contribution >= 0.6 is 39.0 Å². The van der Waals surface area contributed by atoms with E-state index in [0.717, 1.165) is 14.5 Å². The Morgan fingerprint density at radius 3 is 3.00 bits per heavy atom. The number of methoxy groups -OCH3 is 1. The van der Waals surface area contributed by atoms with Crippen molar-refractivity contribution in [1.29, 1.82) is 0 Å². The second-order valence-corrected chi connectivity index (χ2v) is 7.27. The van der Waals surface area contributed by atoms with Gasteiger partial charge in [-0.2, -0.15) is 0 Å². The molecule has 0 bridgehead atoms. The molecule has 1 unspecified atom stereocenters. The molecule has 8 heteroatoms. The van der Waals surface area contributed by atoms with E-state index in [1.54, 1.807) is 6.92 Å². The van der Waals surface area contributed by atoms with Crippen LogP contribution < -0.4 is 5.32 Å². The fourth-order valence-corrected chi connectivity index (χ4v) is 3.70. The zero-order valence-electron chi connectivity index (χ0n) is 10.8. The molecule has 0 aliphatic carbocycles. The van der Waals surface area contributed by atoms with Crippen LogP contribution in [0.15, 0.2) is 33.1 Å². The molecule has 0 aliphatic rings. The monoisotopic (exact) mass is 373 g/mol. The molecule has 0 aliphatic heterocycles.